The molecule has 0 saturated heterocycles. The van der Waals surface area contributed by atoms with Crippen LogP contribution in [0.4, 0.5) is 11.6 Å². The van der Waals surface area contributed by atoms with Gasteiger partial charge in [-0.25, -0.2) is 14.8 Å². The van der Waals surface area contributed by atoms with Crippen LogP contribution in [-0.4, -0.2) is 40.7 Å². The number of nitrogens with one attached hydrogen (secondary N) is 3. The minimum Gasteiger partial charge on any atom is -0.465 e. The van der Waals surface area contributed by atoms with Crippen LogP contribution < -0.4 is 16.0 Å². The summed E-state index contributed by atoms with van der Waals surface area (Å²) >= 11 is 7.14. The molecular weight excluding hydrogens is 444 g/mol. The molecule has 0 amide bonds. The number of hydrogen-bond donors (Lipinski definition) is 3. The molecule has 0 bridgehead atoms. The van der Waals surface area contributed by atoms with Gasteiger partial charge in [0.25, 0.3) is 0 Å². The SMILES string of the molecule is COC(=O)c1ccc(NC(=S)NC(=NCCc2cccs2)Nc2nc(C)cc(C)n2)cc1. The Morgan fingerprint density at radius 1 is 1.12 bits per heavy atom. The van der Waals surface area contributed by atoms with E-state index in [1.807, 2.05) is 31.4 Å². The topological polar surface area (TPSA) is 101 Å². The Bertz CT molecular complexity index is 1080. The minimum absolute atomic E-state index is 0.336. The number of hydrogen-bond acceptors (Lipinski definition) is 7. The van der Waals surface area contributed by atoms with Crippen molar-refractivity contribution in [1.82, 2.24) is 15.3 Å². The van der Waals surface area contributed by atoms with Crippen molar-refractivity contribution in [2.45, 2.75) is 20.3 Å². The normalized spacial score (nSPS) is 11.0. The number of thiophene rings is 1. The van der Waals surface area contributed by atoms with E-state index in [1.165, 1.54) is 12.0 Å². The van der Waals surface area contributed by atoms with E-state index in [1.54, 1.807) is 35.6 Å². The van der Waals surface area contributed by atoms with E-state index in [0.29, 0.717) is 29.1 Å². The van der Waals surface area contributed by atoms with Crippen LogP contribution in [0.15, 0.2) is 52.8 Å². The molecule has 2 heterocycles. The predicted octanol–water partition coefficient (Wildman–Crippen LogP) is 3.94. The summed E-state index contributed by atoms with van der Waals surface area (Å²) in [6.45, 7) is 4.38. The molecule has 0 aliphatic heterocycles. The highest BCUT2D eigenvalue weighted by atomic mass is 32.1. The zero-order valence-corrected chi connectivity index (χ0v) is 19.6. The molecule has 0 radical (unpaired) electrons. The summed E-state index contributed by atoms with van der Waals surface area (Å²) in [6.07, 6.45) is 0.813. The minimum atomic E-state index is -0.393. The Labute approximate surface area is 196 Å². The van der Waals surface area contributed by atoms with Crippen molar-refractivity contribution in [2.75, 3.05) is 24.3 Å². The first kappa shape index (κ1) is 23.3. The van der Waals surface area contributed by atoms with Gasteiger partial charge in [0.2, 0.25) is 11.9 Å². The number of carbonyl (C=O) groups excluding carboxylic acids is 1. The van der Waals surface area contributed by atoms with Gasteiger partial charge in [-0.05, 0) is 67.8 Å². The van der Waals surface area contributed by atoms with Gasteiger partial charge in [-0.1, -0.05) is 6.07 Å². The third kappa shape index (κ3) is 7.10. The number of guanidine groups is 1. The maximum absolute atomic E-state index is 11.6. The molecule has 166 valence electrons. The number of carbonyl (C=O) groups is 1. The van der Waals surface area contributed by atoms with Crippen LogP contribution in [0.5, 0.6) is 0 Å². The highest BCUT2D eigenvalue weighted by molar-refractivity contribution is 7.80. The zero-order valence-electron chi connectivity index (χ0n) is 18.0. The Balaban J connectivity index is 1.68. The van der Waals surface area contributed by atoms with Crippen LogP contribution >= 0.6 is 23.6 Å². The molecular formula is C22H24N6O2S2. The maximum Gasteiger partial charge on any atom is 0.337 e. The molecule has 0 fully saturated rings. The Kier molecular flexibility index (Phi) is 8.23. The van der Waals surface area contributed by atoms with Gasteiger partial charge in [0.15, 0.2) is 5.11 Å². The fourth-order valence-corrected chi connectivity index (χ4v) is 3.72. The summed E-state index contributed by atoms with van der Waals surface area (Å²) in [5.41, 5.74) is 2.88. The molecule has 0 spiro atoms. The first-order valence-corrected chi connectivity index (χ1v) is 11.1. The van der Waals surface area contributed by atoms with Crippen molar-refractivity contribution in [3.05, 3.63) is 69.7 Å². The number of aromatic nitrogens is 2. The lowest BCUT2D eigenvalue weighted by Crippen LogP contribution is -2.39. The third-order valence-electron chi connectivity index (χ3n) is 4.22. The molecule has 0 saturated carbocycles. The van der Waals surface area contributed by atoms with E-state index in [0.717, 1.165) is 23.5 Å². The monoisotopic (exact) mass is 468 g/mol. The molecule has 0 aliphatic rings. The smallest absolute Gasteiger partial charge is 0.337 e. The van der Waals surface area contributed by atoms with Crippen molar-refractivity contribution in [3.8, 4) is 0 Å². The number of nitrogens with zero attached hydrogens (tertiary/aromatic N) is 3. The van der Waals surface area contributed by atoms with Gasteiger partial charge < -0.3 is 15.4 Å². The van der Waals surface area contributed by atoms with Crippen molar-refractivity contribution in [2.24, 2.45) is 4.99 Å². The summed E-state index contributed by atoms with van der Waals surface area (Å²) in [4.78, 5) is 26.3. The number of esters is 1. The lowest BCUT2D eigenvalue weighted by atomic mass is 10.2. The highest BCUT2D eigenvalue weighted by Crippen LogP contribution is 2.11. The van der Waals surface area contributed by atoms with Crippen molar-refractivity contribution in [1.29, 1.82) is 0 Å². The number of methoxy groups -OCH3 is 1. The first-order chi connectivity index (χ1) is 15.4. The van der Waals surface area contributed by atoms with Crippen molar-refractivity contribution < 1.29 is 9.53 Å². The van der Waals surface area contributed by atoms with Gasteiger partial charge in [0.05, 0.1) is 12.7 Å². The third-order valence-corrected chi connectivity index (χ3v) is 5.36. The van der Waals surface area contributed by atoms with Crippen molar-refractivity contribution in [3.63, 3.8) is 0 Å². The molecule has 32 heavy (non-hydrogen) atoms. The van der Waals surface area contributed by atoms with E-state index >= 15 is 0 Å². The highest BCUT2D eigenvalue weighted by Gasteiger charge is 2.09. The Morgan fingerprint density at radius 2 is 1.84 bits per heavy atom. The molecule has 0 aliphatic carbocycles. The first-order valence-electron chi connectivity index (χ1n) is 9.85. The molecule has 3 aromatic rings. The van der Waals surface area contributed by atoms with E-state index < -0.39 is 5.97 Å². The second-order valence-corrected chi connectivity index (χ2v) is 8.25. The number of benzene rings is 1. The summed E-state index contributed by atoms with van der Waals surface area (Å²) in [5.74, 6) is 0.486. The average Bonchev–Trinajstić information content (AvgIpc) is 3.26. The van der Waals surface area contributed by atoms with Crippen LogP contribution in [0.25, 0.3) is 0 Å². The maximum atomic E-state index is 11.6. The molecule has 1 aromatic carbocycles. The summed E-state index contributed by atoms with van der Waals surface area (Å²) in [6, 6.07) is 12.8. The molecule has 3 rings (SSSR count). The van der Waals surface area contributed by atoms with E-state index in [9.17, 15) is 4.79 Å². The second kappa shape index (κ2) is 11.3. The van der Waals surface area contributed by atoms with Gasteiger partial charge in [-0.2, -0.15) is 0 Å². The number of rotatable bonds is 6. The molecule has 8 nitrogen and oxygen atoms in total. The van der Waals surface area contributed by atoms with Crippen LogP contribution in [0, 0.1) is 13.8 Å². The number of thiocarbonyl (C=S) groups is 1. The van der Waals surface area contributed by atoms with Gasteiger partial charge in [-0.3, -0.25) is 10.3 Å². The molecule has 0 unspecified atom stereocenters. The fourth-order valence-electron chi connectivity index (χ4n) is 2.81. The molecule has 2 aromatic heterocycles. The predicted molar refractivity (Wildman–Crippen MR) is 133 cm³/mol. The zero-order chi connectivity index (χ0) is 22.9. The fraction of sp³-hybridized carbons (Fsp3) is 0.227. The molecule has 0 atom stereocenters. The second-order valence-electron chi connectivity index (χ2n) is 6.81. The number of aliphatic imine (C=N–C) groups is 1. The van der Waals surface area contributed by atoms with E-state index in [2.05, 4.69) is 37.0 Å². The van der Waals surface area contributed by atoms with Gasteiger partial charge in [0.1, 0.15) is 0 Å². The van der Waals surface area contributed by atoms with Gasteiger partial charge in [-0.15, -0.1) is 11.3 Å². The Hall–Kier alpha value is -3.37. The molecule has 10 heteroatoms. The summed E-state index contributed by atoms with van der Waals surface area (Å²) in [5, 5.41) is 11.7. The number of aryl methyl sites for hydroxylation is 2. The summed E-state index contributed by atoms with van der Waals surface area (Å²) in [7, 11) is 1.35. The van der Waals surface area contributed by atoms with Crippen LogP contribution in [0.1, 0.15) is 26.6 Å². The van der Waals surface area contributed by atoms with Crippen LogP contribution in [0.3, 0.4) is 0 Å². The Morgan fingerprint density at radius 3 is 2.47 bits per heavy atom. The van der Waals surface area contributed by atoms with Gasteiger partial charge in [0, 0.05) is 34.9 Å². The summed E-state index contributed by atoms with van der Waals surface area (Å²) < 4.78 is 4.71. The standard InChI is InChI=1S/C22H24N6O2S2/c1-14-13-15(2)25-21(24-14)27-20(23-11-10-18-5-4-12-32-18)28-22(31)26-17-8-6-16(7-9-17)19(29)30-3/h4-9,12-13H,10-11H2,1-3H3,(H3,23,24,25,26,27,28,31). The quantitative estimate of drug-likeness (QED) is 0.216. The lowest BCUT2D eigenvalue weighted by Gasteiger charge is -2.14. The van der Waals surface area contributed by atoms with Gasteiger partial charge >= 0.3 is 5.97 Å². The van der Waals surface area contributed by atoms with Crippen LogP contribution in [0.2, 0.25) is 0 Å². The molecule has 3 N–H and O–H groups in total. The van der Waals surface area contributed by atoms with E-state index in [4.69, 9.17) is 17.0 Å². The largest absolute Gasteiger partial charge is 0.465 e. The van der Waals surface area contributed by atoms with Crippen molar-refractivity contribution >= 4 is 52.2 Å². The average molecular weight is 469 g/mol. The number of anilines is 2. The van der Waals surface area contributed by atoms with Crippen LogP contribution in [-0.2, 0) is 11.2 Å². The number of ether oxygens (including phenoxy) is 1. The van der Waals surface area contributed by atoms with E-state index in [-0.39, 0.29) is 0 Å². The lowest BCUT2D eigenvalue weighted by molar-refractivity contribution is 0.0601.